The van der Waals surface area contributed by atoms with Crippen LogP contribution in [0.25, 0.3) is 0 Å². The molecule has 0 aliphatic heterocycles. The van der Waals surface area contributed by atoms with E-state index in [2.05, 4.69) is 5.32 Å². The Labute approximate surface area is 177 Å². The molecule has 7 nitrogen and oxygen atoms in total. The van der Waals surface area contributed by atoms with E-state index in [9.17, 15) is 13.2 Å². The molecule has 0 heterocycles. The average molecular weight is 428 g/mol. The number of carbonyl (C=O) groups is 1. The van der Waals surface area contributed by atoms with Crippen molar-refractivity contribution in [2.24, 2.45) is 0 Å². The Balaban J connectivity index is 1.65. The number of carbonyl (C=O) groups excluding carboxylic acids is 1. The van der Waals surface area contributed by atoms with Crippen molar-refractivity contribution >= 4 is 21.6 Å². The molecule has 30 heavy (non-hydrogen) atoms. The fourth-order valence-electron chi connectivity index (χ4n) is 3.54. The van der Waals surface area contributed by atoms with Crippen LogP contribution in [0.4, 0.5) is 5.69 Å². The molecule has 1 fully saturated rings. The molecule has 8 heteroatoms. The molecule has 0 saturated heterocycles. The second-order valence-electron chi connectivity index (χ2n) is 7.26. The highest BCUT2D eigenvalue weighted by atomic mass is 32.2. The second kappa shape index (κ2) is 9.74. The second-order valence-corrected chi connectivity index (χ2v) is 9.26. The van der Waals surface area contributed by atoms with Crippen LogP contribution >= 0.6 is 0 Å². The molecule has 158 valence electrons. The van der Waals surface area contributed by atoms with Gasteiger partial charge >= 0.3 is 0 Å². The van der Waals surface area contributed by atoms with Gasteiger partial charge in [-0.15, -0.1) is 0 Å². The van der Waals surface area contributed by atoms with Crippen molar-refractivity contribution in [2.75, 3.05) is 19.0 Å². The number of nitrogens with zero attached hydrogens (tertiary/aromatic N) is 2. The Kier molecular flexibility index (Phi) is 7.08. The van der Waals surface area contributed by atoms with Gasteiger partial charge in [0.25, 0.3) is 5.91 Å². The molecule has 1 amide bonds. The number of nitrogens with one attached hydrogen (secondary N) is 1. The summed E-state index contributed by atoms with van der Waals surface area (Å²) in [6.45, 7) is -0.0447. The Hall–Kier alpha value is -2.89. The van der Waals surface area contributed by atoms with Crippen LogP contribution in [0, 0.1) is 11.3 Å². The third kappa shape index (κ3) is 5.17. The first-order valence-corrected chi connectivity index (χ1v) is 11.3. The topological polar surface area (TPSA) is 99.5 Å². The van der Waals surface area contributed by atoms with Crippen LogP contribution in [0.3, 0.4) is 0 Å². The molecule has 0 aromatic heterocycles. The van der Waals surface area contributed by atoms with Gasteiger partial charge in [0, 0.05) is 24.3 Å². The van der Waals surface area contributed by atoms with Crippen LogP contribution < -0.4 is 10.1 Å². The van der Waals surface area contributed by atoms with E-state index in [-0.39, 0.29) is 23.5 Å². The molecule has 3 rings (SSSR count). The van der Waals surface area contributed by atoms with Gasteiger partial charge in [0.05, 0.1) is 4.90 Å². The minimum atomic E-state index is -3.59. The third-order valence-corrected chi connectivity index (χ3v) is 7.22. The number of hydrogen-bond acceptors (Lipinski definition) is 5. The Morgan fingerprint density at radius 2 is 1.73 bits per heavy atom. The minimum Gasteiger partial charge on any atom is -0.479 e. The molecule has 0 spiro atoms. The molecule has 1 saturated carbocycles. The fraction of sp³-hybridized carbons (Fsp3) is 0.364. The number of nitriles is 1. The van der Waals surface area contributed by atoms with Gasteiger partial charge in [0.2, 0.25) is 10.0 Å². The van der Waals surface area contributed by atoms with Crippen molar-refractivity contribution in [1.82, 2.24) is 4.31 Å². The van der Waals surface area contributed by atoms with Crippen molar-refractivity contribution in [3.8, 4) is 11.8 Å². The quantitative estimate of drug-likeness (QED) is 0.725. The summed E-state index contributed by atoms with van der Waals surface area (Å²) in [6, 6.07) is 14.6. The van der Waals surface area contributed by atoms with E-state index in [0.717, 1.165) is 32.1 Å². The van der Waals surface area contributed by atoms with E-state index >= 15 is 0 Å². The number of anilines is 1. The maximum Gasteiger partial charge on any atom is 0.255 e. The van der Waals surface area contributed by atoms with E-state index < -0.39 is 10.0 Å². The summed E-state index contributed by atoms with van der Waals surface area (Å²) in [5, 5.41) is 11.3. The Morgan fingerprint density at radius 1 is 1.10 bits per heavy atom. The van der Waals surface area contributed by atoms with Gasteiger partial charge in [-0.25, -0.2) is 8.42 Å². The van der Waals surface area contributed by atoms with Gasteiger partial charge in [-0.05, 0) is 61.4 Å². The number of rotatable bonds is 7. The summed E-state index contributed by atoms with van der Waals surface area (Å²) in [7, 11) is -1.95. The number of hydrogen-bond donors (Lipinski definition) is 1. The average Bonchev–Trinajstić information content (AvgIpc) is 2.78. The highest BCUT2D eigenvalue weighted by Crippen LogP contribution is 2.26. The highest BCUT2D eigenvalue weighted by molar-refractivity contribution is 7.89. The van der Waals surface area contributed by atoms with E-state index in [1.54, 1.807) is 31.3 Å². The zero-order valence-corrected chi connectivity index (χ0v) is 17.7. The third-order valence-electron chi connectivity index (χ3n) is 5.30. The van der Waals surface area contributed by atoms with Crippen molar-refractivity contribution in [3.63, 3.8) is 0 Å². The predicted octanol–water partition coefficient (Wildman–Crippen LogP) is 3.79. The van der Waals surface area contributed by atoms with Crippen molar-refractivity contribution < 1.29 is 17.9 Å². The Bertz CT molecular complexity index is 1010. The van der Waals surface area contributed by atoms with Crippen LogP contribution in [0.15, 0.2) is 53.4 Å². The molecule has 0 bridgehead atoms. The molecule has 0 radical (unpaired) electrons. The molecule has 0 unspecified atom stereocenters. The molecule has 1 N–H and O–H groups in total. The summed E-state index contributed by atoms with van der Waals surface area (Å²) in [5.74, 6) is 0.191. The lowest BCUT2D eigenvalue weighted by Crippen LogP contribution is -2.38. The van der Waals surface area contributed by atoms with Crippen LogP contribution in [0.2, 0.25) is 0 Å². The summed E-state index contributed by atoms with van der Waals surface area (Å²) in [4.78, 5) is 12.7. The van der Waals surface area contributed by atoms with E-state index in [1.807, 2.05) is 6.07 Å². The van der Waals surface area contributed by atoms with Gasteiger partial charge in [-0.2, -0.15) is 9.57 Å². The fourth-order valence-corrected chi connectivity index (χ4v) is 4.95. The van der Waals surface area contributed by atoms with Gasteiger partial charge in [0.1, 0.15) is 11.8 Å². The molecule has 2 aromatic carbocycles. The van der Waals surface area contributed by atoms with Gasteiger partial charge in [0.15, 0.2) is 6.61 Å². The van der Waals surface area contributed by atoms with E-state index in [4.69, 9.17) is 10.00 Å². The summed E-state index contributed by atoms with van der Waals surface area (Å²) in [5.41, 5.74) is 0.928. The monoisotopic (exact) mass is 427 g/mol. The Morgan fingerprint density at radius 3 is 2.33 bits per heavy atom. The smallest absolute Gasteiger partial charge is 0.255 e. The van der Waals surface area contributed by atoms with E-state index in [0.29, 0.717) is 17.0 Å². The van der Waals surface area contributed by atoms with Crippen LogP contribution in [0.5, 0.6) is 5.75 Å². The largest absolute Gasteiger partial charge is 0.479 e. The lowest BCUT2D eigenvalue weighted by Gasteiger charge is -2.30. The first-order chi connectivity index (χ1) is 14.4. The molecule has 1 aliphatic carbocycles. The van der Waals surface area contributed by atoms with Crippen molar-refractivity contribution in [1.29, 1.82) is 5.26 Å². The SMILES string of the molecule is CN(C1CCCCC1)S(=O)(=O)c1ccc(C(=O)Nc2ccc(OCC#N)cc2)cc1. The normalized spacial score (nSPS) is 14.8. The summed E-state index contributed by atoms with van der Waals surface area (Å²) >= 11 is 0. The molecule has 2 aromatic rings. The number of amides is 1. The number of sulfonamides is 1. The zero-order chi connectivity index (χ0) is 21.6. The lowest BCUT2D eigenvalue weighted by molar-refractivity contribution is 0.102. The molecular formula is C22H25N3O4S. The van der Waals surface area contributed by atoms with Crippen LogP contribution in [0.1, 0.15) is 42.5 Å². The maximum absolute atomic E-state index is 12.9. The summed E-state index contributed by atoms with van der Waals surface area (Å²) < 4.78 is 32.5. The van der Waals surface area contributed by atoms with Crippen molar-refractivity contribution in [3.05, 3.63) is 54.1 Å². The zero-order valence-electron chi connectivity index (χ0n) is 16.9. The minimum absolute atomic E-state index is 0.0341. The molecular weight excluding hydrogens is 402 g/mol. The number of benzene rings is 2. The van der Waals surface area contributed by atoms with Crippen molar-refractivity contribution in [2.45, 2.75) is 43.0 Å². The molecule has 0 atom stereocenters. The lowest BCUT2D eigenvalue weighted by atomic mass is 9.96. The predicted molar refractivity (Wildman–Crippen MR) is 114 cm³/mol. The van der Waals surface area contributed by atoms with Crippen LogP contribution in [-0.2, 0) is 10.0 Å². The standard InChI is InChI=1S/C22H25N3O4S/c1-25(19-5-3-2-4-6-19)30(27,28)21-13-7-17(8-14-21)22(26)24-18-9-11-20(12-10-18)29-16-15-23/h7-14,19H,2-6,16H2,1H3,(H,24,26). The maximum atomic E-state index is 12.9. The molecule has 1 aliphatic rings. The van der Waals surface area contributed by atoms with Crippen LogP contribution in [-0.4, -0.2) is 38.3 Å². The highest BCUT2D eigenvalue weighted by Gasteiger charge is 2.29. The van der Waals surface area contributed by atoms with E-state index in [1.165, 1.54) is 28.6 Å². The number of ether oxygens (including phenoxy) is 1. The summed E-state index contributed by atoms with van der Waals surface area (Å²) in [6.07, 6.45) is 5.03. The first-order valence-electron chi connectivity index (χ1n) is 9.91. The first kappa shape index (κ1) is 21.8. The van der Waals surface area contributed by atoms with Gasteiger partial charge < -0.3 is 10.1 Å². The van der Waals surface area contributed by atoms with Gasteiger partial charge in [-0.1, -0.05) is 19.3 Å². The van der Waals surface area contributed by atoms with Gasteiger partial charge in [-0.3, -0.25) is 4.79 Å².